The van der Waals surface area contributed by atoms with E-state index >= 15 is 0 Å². The van der Waals surface area contributed by atoms with E-state index in [2.05, 4.69) is 57.9 Å². The molecule has 0 atom stereocenters. The Morgan fingerprint density at radius 3 is 3.00 bits per heavy atom. The van der Waals surface area contributed by atoms with Gasteiger partial charge in [0.05, 0.1) is 0 Å². The zero-order valence-corrected chi connectivity index (χ0v) is 11.1. The largest absolute Gasteiger partial charge is 0.347 e. The lowest BCUT2D eigenvalue weighted by Crippen LogP contribution is -1.98. The monoisotopic (exact) mass is 283 g/mol. The fourth-order valence-electron chi connectivity index (χ4n) is 1.69. The van der Waals surface area contributed by atoms with E-state index in [0.29, 0.717) is 0 Å². The summed E-state index contributed by atoms with van der Waals surface area (Å²) >= 11 is 5.56. The van der Waals surface area contributed by atoms with Crippen LogP contribution in [-0.2, 0) is 6.54 Å². The van der Waals surface area contributed by atoms with Crippen LogP contribution in [0.5, 0.6) is 0 Å². The van der Waals surface area contributed by atoms with Gasteiger partial charge >= 0.3 is 0 Å². The van der Waals surface area contributed by atoms with E-state index in [1.165, 1.54) is 26.9 Å². The van der Waals surface area contributed by atoms with Gasteiger partial charge in [0.15, 0.2) is 0 Å². The number of benzene rings is 1. The topological polar surface area (TPSA) is 4.93 Å². The molecular formula is C12H14BrNS. The van der Waals surface area contributed by atoms with Crippen LogP contribution in [0, 0.1) is 0 Å². The van der Waals surface area contributed by atoms with Crippen molar-refractivity contribution in [2.24, 2.45) is 0 Å². The summed E-state index contributed by atoms with van der Waals surface area (Å²) in [5, 5.41) is 1.30. The molecular weight excluding hydrogens is 270 g/mol. The molecule has 3 heteroatoms. The van der Waals surface area contributed by atoms with Crippen molar-refractivity contribution in [1.82, 2.24) is 4.57 Å². The van der Waals surface area contributed by atoms with Crippen molar-refractivity contribution >= 4 is 38.6 Å². The lowest BCUT2D eigenvalue weighted by atomic mass is 10.2. The molecule has 0 bridgehead atoms. The third-order valence-corrected chi connectivity index (χ3v) is 4.01. The predicted octanol–water partition coefficient (Wildman–Crippen LogP) is 4.16. The number of aromatic nitrogens is 1. The normalized spacial score (nSPS) is 11.1. The molecule has 0 saturated carbocycles. The number of fused-ring (bicyclic) bond motifs is 1. The minimum Gasteiger partial charge on any atom is -0.347 e. The first-order valence-electron chi connectivity index (χ1n) is 5.14. The van der Waals surface area contributed by atoms with Crippen LogP contribution in [0.25, 0.3) is 10.9 Å². The smallest absolute Gasteiger partial charge is 0.0491 e. The van der Waals surface area contributed by atoms with Crippen LogP contribution in [0.4, 0.5) is 0 Å². The minimum absolute atomic E-state index is 1.10. The fourth-order valence-corrected chi connectivity index (χ4v) is 2.79. The van der Waals surface area contributed by atoms with Gasteiger partial charge in [0, 0.05) is 33.9 Å². The molecule has 2 rings (SSSR count). The molecule has 0 aliphatic heterocycles. The van der Waals surface area contributed by atoms with E-state index in [9.17, 15) is 0 Å². The van der Waals surface area contributed by atoms with Crippen molar-refractivity contribution in [2.45, 2.75) is 13.5 Å². The minimum atomic E-state index is 1.10. The molecule has 0 radical (unpaired) electrons. The van der Waals surface area contributed by atoms with E-state index < -0.39 is 0 Å². The Hall–Kier alpha value is -0.410. The second-order valence-corrected chi connectivity index (χ2v) is 5.63. The summed E-state index contributed by atoms with van der Waals surface area (Å²) in [6.45, 7) is 3.30. The van der Waals surface area contributed by atoms with Crippen LogP contribution in [0.2, 0.25) is 0 Å². The van der Waals surface area contributed by atoms with Gasteiger partial charge in [-0.1, -0.05) is 28.9 Å². The number of aryl methyl sites for hydroxylation is 1. The van der Waals surface area contributed by atoms with Gasteiger partial charge in [0.25, 0.3) is 0 Å². The molecule has 0 aliphatic rings. The van der Waals surface area contributed by atoms with Crippen molar-refractivity contribution < 1.29 is 0 Å². The van der Waals surface area contributed by atoms with E-state index in [4.69, 9.17) is 0 Å². The Bertz CT molecular complexity index is 450. The van der Waals surface area contributed by atoms with Crippen LogP contribution in [-0.4, -0.2) is 16.1 Å². The molecule has 0 spiro atoms. The maximum absolute atomic E-state index is 3.57. The number of hydrogen-bond donors (Lipinski definition) is 0. The van der Waals surface area contributed by atoms with Gasteiger partial charge in [0.2, 0.25) is 0 Å². The van der Waals surface area contributed by atoms with Gasteiger partial charge in [-0.2, -0.15) is 11.8 Å². The highest BCUT2D eigenvalue weighted by Crippen LogP contribution is 2.24. The van der Waals surface area contributed by atoms with Crippen LogP contribution in [0.1, 0.15) is 6.92 Å². The zero-order valence-electron chi connectivity index (χ0n) is 8.74. The zero-order chi connectivity index (χ0) is 10.7. The van der Waals surface area contributed by atoms with Gasteiger partial charge in [0.1, 0.15) is 0 Å². The summed E-state index contributed by atoms with van der Waals surface area (Å²) in [6, 6.07) is 8.54. The highest BCUT2D eigenvalue weighted by atomic mass is 79.9. The van der Waals surface area contributed by atoms with Crippen LogP contribution < -0.4 is 0 Å². The number of nitrogens with zero attached hydrogens (tertiary/aromatic N) is 1. The molecule has 0 N–H and O–H groups in total. The van der Waals surface area contributed by atoms with Crippen LogP contribution >= 0.6 is 27.7 Å². The molecule has 0 fully saturated rings. The van der Waals surface area contributed by atoms with E-state index in [0.717, 1.165) is 6.54 Å². The molecule has 15 heavy (non-hydrogen) atoms. The molecule has 0 amide bonds. The molecule has 0 unspecified atom stereocenters. The summed E-state index contributed by atoms with van der Waals surface area (Å²) < 4.78 is 3.50. The Morgan fingerprint density at radius 2 is 2.20 bits per heavy atom. The summed E-state index contributed by atoms with van der Waals surface area (Å²) in [6.07, 6.45) is 2.17. The van der Waals surface area contributed by atoms with Crippen molar-refractivity contribution in [2.75, 3.05) is 11.5 Å². The molecule has 1 aromatic heterocycles. The summed E-state index contributed by atoms with van der Waals surface area (Å²) in [5.41, 5.74) is 1.32. The number of rotatable bonds is 4. The Kier molecular flexibility index (Phi) is 3.76. The van der Waals surface area contributed by atoms with Crippen LogP contribution in [0.15, 0.2) is 34.9 Å². The van der Waals surface area contributed by atoms with Crippen molar-refractivity contribution in [3.8, 4) is 0 Å². The molecule has 0 saturated heterocycles. The molecule has 1 aromatic carbocycles. The Balaban J connectivity index is 2.25. The number of thioether (sulfide) groups is 1. The highest BCUT2D eigenvalue weighted by Gasteiger charge is 2.02. The maximum Gasteiger partial charge on any atom is 0.0491 e. The predicted molar refractivity (Wildman–Crippen MR) is 72.6 cm³/mol. The second kappa shape index (κ2) is 5.08. The first-order valence-corrected chi connectivity index (χ1v) is 7.09. The lowest BCUT2D eigenvalue weighted by Gasteiger charge is -2.04. The van der Waals surface area contributed by atoms with E-state index in [-0.39, 0.29) is 0 Å². The summed E-state index contributed by atoms with van der Waals surface area (Å²) in [7, 11) is 0. The third kappa shape index (κ3) is 2.40. The molecule has 2 aromatic rings. The van der Waals surface area contributed by atoms with Gasteiger partial charge in [-0.25, -0.2) is 0 Å². The average Bonchev–Trinajstić information content (AvgIpc) is 2.64. The molecule has 80 valence electrons. The SMILES string of the molecule is CCSCCn1ccc2c(Br)cccc21. The van der Waals surface area contributed by atoms with Gasteiger partial charge in [-0.05, 0) is 24.0 Å². The van der Waals surface area contributed by atoms with Gasteiger partial charge in [-0.15, -0.1) is 0 Å². The van der Waals surface area contributed by atoms with Gasteiger partial charge < -0.3 is 4.57 Å². The Morgan fingerprint density at radius 1 is 1.33 bits per heavy atom. The summed E-state index contributed by atoms with van der Waals surface area (Å²) in [5.74, 6) is 2.38. The fraction of sp³-hybridized carbons (Fsp3) is 0.333. The summed E-state index contributed by atoms with van der Waals surface area (Å²) in [4.78, 5) is 0. The maximum atomic E-state index is 3.57. The number of hydrogen-bond acceptors (Lipinski definition) is 1. The van der Waals surface area contributed by atoms with Crippen LogP contribution in [0.3, 0.4) is 0 Å². The van der Waals surface area contributed by atoms with Crippen molar-refractivity contribution in [3.63, 3.8) is 0 Å². The Labute approximate surface area is 103 Å². The lowest BCUT2D eigenvalue weighted by molar-refractivity contribution is 0.807. The van der Waals surface area contributed by atoms with E-state index in [1.54, 1.807) is 0 Å². The van der Waals surface area contributed by atoms with Gasteiger partial charge in [-0.3, -0.25) is 0 Å². The highest BCUT2D eigenvalue weighted by molar-refractivity contribution is 9.10. The average molecular weight is 284 g/mol. The first-order chi connectivity index (χ1) is 7.33. The second-order valence-electron chi connectivity index (χ2n) is 3.38. The standard InChI is InChI=1S/C12H14BrNS/c1-2-15-9-8-14-7-6-10-11(13)4-3-5-12(10)14/h3-7H,2,8-9H2,1H3. The van der Waals surface area contributed by atoms with Crippen molar-refractivity contribution in [1.29, 1.82) is 0 Å². The number of halogens is 1. The first kappa shape index (κ1) is 11.1. The van der Waals surface area contributed by atoms with E-state index in [1.807, 2.05) is 11.8 Å². The quantitative estimate of drug-likeness (QED) is 0.763. The third-order valence-electron chi connectivity index (χ3n) is 2.44. The molecule has 0 aliphatic carbocycles. The van der Waals surface area contributed by atoms with Crippen molar-refractivity contribution in [3.05, 3.63) is 34.9 Å². The molecule has 1 heterocycles. The molecule has 1 nitrogen and oxygen atoms in total.